The van der Waals surface area contributed by atoms with Gasteiger partial charge in [0.2, 0.25) is 0 Å². The van der Waals surface area contributed by atoms with E-state index in [1.54, 1.807) is 0 Å². The molecule has 3 rings (SSSR count). The molecule has 0 bridgehead atoms. The molecular weight excluding hydrogens is 400 g/mol. The number of halogens is 2. The maximum Gasteiger partial charge on any atom is 0.0575 e. The standard InChI is InChI=1S/C16H18Br2OS/c17-14(8-7-11-4-1-2-9-19-11)13-10-20-16-12(13)5-3-6-15(16)18/h3,5-6,10-11,14H,1-2,4,7-9H2. The van der Waals surface area contributed by atoms with Crippen LogP contribution in [-0.4, -0.2) is 12.7 Å². The number of thiophene rings is 1. The Labute approximate surface area is 141 Å². The molecule has 1 aromatic carbocycles. The summed E-state index contributed by atoms with van der Waals surface area (Å²) in [6.07, 6.45) is 6.56. The van der Waals surface area contributed by atoms with Crippen LogP contribution in [-0.2, 0) is 4.74 Å². The number of hydrogen-bond acceptors (Lipinski definition) is 2. The van der Waals surface area contributed by atoms with Gasteiger partial charge in [0, 0.05) is 20.6 Å². The summed E-state index contributed by atoms with van der Waals surface area (Å²) in [6.45, 7) is 0.950. The number of rotatable bonds is 4. The van der Waals surface area contributed by atoms with Gasteiger partial charge in [0.15, 0.2) is 0 Å². The van der Waals surface area contributed by atoms with Crippen molar-refractivity contribution < 1.29 is 4.74 Å². The maximum atomic E-state index is 5.83. The third kappa shape index (κ3) is 3.29. The maximum absolute atomic E-state index is 5.83. The molecule has 1 aliphatic rings. The van der Waals surface area contributed by atoms with E-state index in [1.807, 2.05) is 11.3 Å². The van der Waals surface area contributed by atoms with Crippen LogP contribution in [0.15, 0.2) is 28.1 Å². The van der Waals surface area contributed by atoms with Gasteiger partial charge in [-0.2, -0.15) is 0 Å². The molecule has 1 nitrogen and oxygen atoms in total. The molecular formula is C16H18Br2OS. The van der Waals surface area contributed by atoms with Gasteiger partial charge in [-0.1, -0.05) is 28.1 Å². The Morgan fingerprint density at radius 3 is 3.05 bits per heavy atom. The second-order valence-corrected chi connectivity index (χ2v) is 8.18. The Morgan fingerprint density at radius 2 is 2.25 bits per heavy atom. The number of alkyl halides is 1. The zero-order valence-corrected chi connectivity index (χ0v) is 15.3. The van der Waals surface area contributed by atoms with E-state index in [0.29, 0.717) is 10.9 Å². The third-order valence-corrected chi connectivity index (χ3v) is 6.86. The number of hydrogen-bond donors (Lipinski definition) is 0. The molecule has 20 heavy (non-hydrogen) atoms. The van der Waals surface area contributed by atoms with Gasteiger partial charge in [-0.3, -0.25) is 0 Å². The number of benzene rings is 1. The van der Waals surface area contributed by atoms with E-state index in [2.05, 4.69) is 55.4 Å². The summed E-state index contributed by atoms with van der Waals surface area (Å²) >= 11 is 9.33. The van der Waals surface area contributed by atoms with E-state index in [0.717, 1.165) is 19.4 Å². The highest BCUT2D eigenvalue weighted by Gasteiger charge is 2.18. The summed E-state index contributed by atoms with van der Waals surface area (Å²) in [7, 11) is 0. The fourth-order valence-electron chi connectivity index (χ4n) is 2.81. The fourth-order valence-corrected chi connectivity index (χ4v) is 5.30. The normalized spacial score (nSPS) is 21.2. The molecule has 1 aliphatic heterocycles. The van der Waals surface area contributed by atoms with Crippen molar-refractivity contribution >= 4 is 53.3 Å². The van der Waals surface area contributed by atoms with Crippen molar-refractivity contribution in [2.75, 3.05) is 6.61 Å². The van der Waals surface area contributed by atoms with E-state index < -0.39 is 0 Å². The Balaban J connectivity index is 1.69. The minimum atomic E-state index is 0.427. The van der Waals surface area contributed by atoms with Crippen LogP contribution < -0.4 is 0 Å². The molecule has 0 amide bonds. The fraction of sp³-hybridized carbons (Fsp3) is 0.500. The van der Waals surface area contributed by atoms with Crippen molar-refractivity contribution in [1.29, 1.82) is 0 Å². The minimum Gasteiger partial charge on any atom is -0.378 e. The van der Waals surface area contributed by atoms with Crippen molar-refractivity contribution in [2.45, 2.75) is 43.0 Å². The van der Waals surface area contributed by atoms with Crippen LogP contribution in [0.4, 0.5) is 0 Å². The molecule has 0 saturated carbocycles. The summed E-state index contributed by atoms with van der Waals surface area (Å²) in [6, 6.07) is 6.45. The van der Waals surface area contributed by atoms with Crippen LogP contribution in [0.3, 0.4) is 0 Å². The van der Waals surface area contributed by atoms with Gasteiger partial charge in [-0.15, -0.1) is 11.3 Å². The lowest BCUT2D eigenvalue weighted by atomic mass is 10.0. The first-order chi connectivity index (χ1) is 9.75. The first-order valence-electron chi connectivity index (χ1n) is 7.17. The summed E-state index contributed by atoms with van der Waals surface area (Å²) in [5, 5.41) is 3.66. The average Bonchev–Trinajstić information content (AvgIpc) is 2.91. The Morgan fingerprint density at radius 1 is 1.35 bits per heavy atom. The molecule has 1 saturated heterocycles. The molecule has 1 aromatic heterocycles. The molecule has 2 aromatic rings. The second-order valence-electron chi connectivity index (χ2n) is 5.34. The molecule has 0 spiro atoms. The van der Waals surface area contributed by atoms with Crippen LogP contribution in [0.5, 0.6) is 0 Å². The lowest BCUT2D eigenvalue weighted by Crippen LogP contribution is -2.19. The van der Waals surface area contributed by atoms with Crippen molar-refractivity contribution in [3.05, 3.63) is 33.6 Å². The monoisotopic (exact) mass is 416 g/mol. The molecule has 0 aliphatic carbocycles. The predicted molar refractivity (Wildman–Crippen MR) is 94.0 cm³/mol. The lowest BCUT2D eigenvalue weighted by Gasteiger charge is -2.23. The smallest absolute Gasteiger partial charge is 0.0575 e. The van der Waals surface area contributed by atoms with Gasteiger partial charge >= 0.3 is 0 Å². The summed E-state index contributed by atoms with van der Waals surface area (Å²) in [5.41, 5.74) is 1.42. The molecule has 4 heteroatoms. The molecule has 2 unspecified atom stereocenters. The molecule has 0 N–H and O–H groups in total. The van der Waals surface area contributed by atoms with Crippen molar-refractivity contribution in [3.8, 4) is 0 Å². The highest BCUT2D eigenvalue weighted by atomic mass is 79.9. The van der Waals surface area contributed by atoms with E-state index in [-0.39, 0.29) is 0 Å². The zero-order chi connectivity index (χ0) is 13.9. The van der Waals surface area contributed by atoms with Gasteiger partial charge in [0.25, 0.3) is 0 Å². The van der Waals surface area contributed by atoms with Gasteiger partial charge < -0.3 is 4.74 Å². The van der Waals surface area contributed by atoms with Crippen LogP contribution in [0, 0.1) is 0 Å². The van der Waals surface area contributed by atoms with E-state index in [9.17, 15) is 0 Å². The van der Waals surface area contributed by atoms with Gasteiger partial charge in [0.1, 0.15) is 0 Å². The topological polar surface area (TPSA) is 9.23 Å². The minimum absolute atomic E-state index is 0.427. The quantitative estimate of drug-likeness (QED) is 0.519. The average molecular weight is 418 g/mol. The third-order valence-electron chi connectivity index (χ3n) is 3.94. The first-order valence-corrected chi connectivity index (χ1v) is 9.76. The van der Waals surface area contributed by atoms with Crippen LogP contribution in [0.25, 0.3) is 10.1 Å². The van der Waals surface area contributed by atoms with E-state index >= 15 is 0 Å². The molecule has 108 valence electrons. The Kier molecular flexibility index (Phi) is 5.18. The molecule has 1 fully saturated rings. The van der Waals surface area contributed by atoms with Gasteiger partial charge in [-0.05, 0) is 70.4 Å². The highest BCUT2D eigenvalue weighted by Crippen LogP contribution is 2.40. The largest absolute Gasteiger partial charge is 0.378 e. The first kappa shape index (κ1) is 15.0. The van der Waals surface area contributed by atoms with E-state index in [4.69, 9.17) is 4.74 Å². The predicted octanol–water partition coefficient (Wildman–Crippen LogP) is 6.45. The summed E-state index contributed by atoms with van der Waals surface area (Å²) < 4.78 is 8.37. The van der Waals surface area contributed by atoms with Gasteiger partial charge in [0.05, 0.1) is 6.10 Å². The van der Waals surface area contributed by atoms with E-state index in [1.165, 1.54) is 39.4 Å². The summed E-state index contributed by atoms with van der Waals surface area (Å²) in [4.78, 5) is 0.427. The van der Waals surface area contributed by atoms with Crippen molar-refractivity contribution in [3.63, 3.8) is 0 Å². The SMILES string of the molecule is Brc1cccc2c(C(Br)CCC3CCCCO3)csc12. The highest BCUT2D eigenvalue weighted by molar-refractivity contribution is 9.10. The molecule has 2 atom stereocenters. The lowest BCUT2D eigenvalue weighted by molar-refractivity contribution is 0.0102. The van der Waals surface area contributed by atoms with Crippen LogP contribution >= 0.6 is 43.2 Å². The Hall–Kier alpha value is 0.1000. The second kappa shape index (κ2) is 6.91. The van der Waals surface area contributed by atoms with Crippen LogP contribution in [0.2, 0.25) is 0 Å². The van der Waals surface area contributed by atoms with Crippen LogP contribution in [0.1, 0.15) is 42.5 Å². The number of fused-ring (bicyclic) bond motifs is 1. The number of ether oxygens (including phenoxy) is 1. The van der Waals surface area contributed by atoms with Crippen molar-refractivity contribution in [1.82, 2.24) is 0 Å². The van der Waals surface area contributed by atoms with Gasteiger partial charge in [-0.25, -0.2) is 0 Å². The summed E-state index contributed by atoms with van der Waals surface area (Å²) in [5.74, 6) is 0. The molecule has 0 radical (unpaired) electrons. The van der Waals surface area contributed by atoms with Crippen molar-refractivity contribution in [2.24, 2.45) is 0 Å². The Bertz CT molecular complexity index is 575. The molecule has 2 heterocycles. The zero-order valence-electron chi connectivity index (χ0n) is 11.3.